The minimum atomic E-state index is 0.448. The molecule has 0 saturated heterocycles. The van der Waals surface area contributed by atoms with Gasteiger partial charge in [0.05, 0.1) is 6.61 Å². The molecule has 0 aliphatic rings. The second kappa shape index (κ2) is 9.13. The molecule has 0 bridgehead atoms. The molecule has 92 valence electrons. The molecule has 0 aliphatic heterocycles. The number of hydrogen-bond acceptors (Lipinski definition) is 3. The lowest BCUT2D eigenvalue weighted by Gasteiger charge is -2.29. The Bertz CT molecular complexity index is 136. The predicted octanol–water partition coefficient (Wildman–Crippen LogP) is 1.73. The van der Waals surface area contributed by atoms with Crippen LogP contribution < -0.4 is 5.32 Å². The lowest BCUT2D eigenvalue weighted by Crippen LogP contribution is -2.45. The van der Waals surface area contributed by atoms with Gasteiger partial charge in [0.15, 0.2) is 0 Å². The molecule has 3 nitrogen and oxygen atoms in total. The average Bonchev–Trinajstić information content (AvgIpc) is 2.18. The van der Waals surface area contributed by atoms with Crippen LogP contribution in [0.5, 0.6) is 0 Å². The van der Waals surface area contributed by atoms with Gasteiger partial charge in [-0.1, -0.05) is 20.3 Å². The number of rotatable bonds is 9. The summed E-state index contributed by atoms with van der Waals surface area (Å²) in [7, 11) is 3.96. The zero-order valence-corrected chi connectivity index (χ0v) is 11.0. The average molecular weight is 216 g/mol. The van der Waals surface area contributed by atoms with Crippen molar-refractivity contribution in [3.05, 3.63) is 0 Å². The van der Waals surface area contributed by atoms with E-state index >= 15 is 0 Å². The zero-order valence-electron chi connectivity index (χ0n) is 11.0. The summed E-state index contributed by atoms with van der Waals surface area (Å²) in [6.07, 6.45) is 2.52. The highest BCUT2D eigenvalue weighted by Gasteiger charge is 2.14. The van der Waals surface area contributed by atoms with Crippen molar-refractivity contribution >= 4 is 0 Å². The van der Waals surface area contributed by atoms with E-state index in [9.17, 15) is 0 Å². The van der Waals surface area contributed by atoms with Crippen LogP contribution in [0.25, 0.3) is 0 Å². The van der Waals surface area contributed by atoms with Crippen LogP contribution in [-0.2, 0) is 4.74 Å². The van der Waals surface area contributed by atoms with Gasteiger partial charge in [-0.25, -0.2) is 0 Å². The van der Waals surface area contributed by atoms with E-state index in [1.165, 1.54) is 12.8 Å². The summed E-state index contributed by atoms with van der Waals surface area (Å²) in [5, 5.41) is 3.44. The molecule has 15 heavy (non-hydrogen) atoms. The van der Waals surface area contributed by atoms with Gasteiger partial charge in [-0.3, -0.25) is 0 Å². The monoisotopic (exact) mass is 216 g/mol. The van der Waals surface area contributed by atoms with Gasteiger partial charge in [0, 0.05) is 25.7 Å². The quantitative estimate of drug-likeness (QED) is 0.635. The van der Waals surface area contributed by atoms with Crippen molar-refractivity contribution in [1.29, 1.82) is 0 Å². The maximum absolute atomic E-state index is 5.21. The molecule has 1 N–H and O–H groups in total. The van der Waals surface area contributed by atoms with E-state index in [0.29, 0.717) is 12.1 Å². The second-order valence-electron chi connectivity index (χ2n) is 4.29. The van der Waals surface area contributed by atoms with Gasteiger partial charge in [0.2, 0.25) is 0 Å². The Hall–Kier alpha value is -0.120. The van der Waals surface area contributed by atoms with Crippen molar-refractivity contribution in [2.24, 2.45) is 0 Å². The SMILES string of the molecule is CCCC(C)N(C)CC(COC)NCC. The molecule has 0 aromatic heterocycles. The fourth-order valence-corrected chi connectivity index (χ4v) is 1.83. The van der Waals surface area contributed by atoms with Gasteiger partial charge in [0.1, 0.15) is 0 Å². The summed E-state index contributed by atoms with van der Waals surface area (Å²) >= 11 is 0. The second-order valence-corrected chi connectivity index (χ2v) is 4.29. The van der Waals surface area contributed by atoms with Gasteiger partial charge >= 0.3 is 0 Å². The molecule has 2 atom stereocenters. The molecular weight excluding hydrogens is 188 g/mol. The first-order chi connectivity index (χ1) is 7.15. The number of likely N-dealkylation sites (N-methyl/N-ethyl adjacent to an activating group) is 2. The molecule has 0 amide bonds. The number of nitrogens with zero attached hydrogens (tertiary/aromatic N) is 1. The van der Waals surface area contributed by atoms with Crippen LogP contribution >= 0.6 is 0 Å². The van der Waals surface area contributed by atoms with E-state index in [4.69, 9.17) is 4.74 Å². The minimum Gasteiger partial charge on any atom is -0.383 e. The van der Waals surface area contributed by atoms with Crippen LogP contribution in [-0.4, -0.2) is 50.8 Å². The first kappa shape index (κ1) is 14.9. The highest BCUT2D eigenvalue weighted by atomic mass is 16.5. The Morgan fingerprint density at radius 2 is 2.00 bits per heavy atom. The summed E-state index contributed by atoms with van der Waals surface area (Å²) < 4.78 is 5.21. The van der Waals surface area contributed by atoms with Gasteiger partial charge in [-0.05, 0) is 26.9 Å². The Morgan fingerprint density at radius 1 is 1.33 bits per heavy atom. The van der Waals surface area contributed by atoms with E-state index < -0.39 is 0 Å². The summed E-state index contributed by atoms with van der Waals surface area (Å²) in [5.74, 6) is 0. The fourth-order valence-electron chi connectivity index (χ4n) is 1.83. The number of ether oxygens (including phenoxy) is 1. The van der Waals surface area contributed by atoms with E-state index in [1.54, 1.807) is 7.11 Å². The van der Waals surface area contributed by atoms with E-state index in [1.807, 2.05) is 0 Å². The maximum Gasteiger partial charge on any atom is 0.0628 e. The topological polar surface area (TPSA) is 24.5 Å². The van der Waals surface area contributed by atoms with Crippen molar-refractivity contribution in [1.82, 2.24) is 10.2 Å². The largest absolute Gasteiger partial charge is 0.383 e. The summed E-state index contributed by atoms with van der Waals surface area (Å²) in [6.45, 7) is 9.52. The van der Waals surface area contributed by atoms with E-state index in [-0.39, 0.29) is 0 Å². The van der Waals surface area contributed by atoms with Crippen molar-refractivity contribution in [2.45, 2.75) is 45.7 Å². The van der Waals surface area contributed by atoms with Crippen molar-refractivity contribution in [3.63, 3.8) is 0 Å². The van der Waals surface area contributed by atoms with Crippen LogP contribution in [0.4, 0.5) is 0 Å². The molecule has 0 saturated carbocycles. The molecule has 0 aliphatic carbocycles. The minimum absolute atomic E-state index is 0.448. The molecule has 3 heteroatoms. The van der Waals surface area contributed by atoms with Gasteiger partial charge in [-0.15, -0.1) is 0 Å². The van der Waals surface area contributed by atoms with Gasteiger partial charge < -0.3 is 15.0 Å². The molecule has 0 spiro atoms. The standard InChI is InChI=1S/C12H28N2O/c1-6-8-11(3)14(4)9-12(10-15-5)13-7-2/h11-13H,6-10H2,1-5H3. The number of hydrogen-bond donors (Lipinski definition) is 1. The lowest BCUT2D eigenvalue weighted by molar-refractivity contribution is 0.133. The molecule has 0 aromatic carbocycles. The van der Waals surface area contributed by atoms with Crippen LogP contribution in [0.1, 0.15) is 33.6 Å². The first-order valence-electron chi connectivity index (χ1n) is 6.08. The van der Waals surface area contributed by atoms with Gasteiger partial charge in [0.25, 0.3) is 0 Å². The van der Waals surface area contributed by atoms with Crippen LogP contribution in [0, 0.1) is 0 Å². The zero-order chi connectivity index (χ0) is 11.7. The van der Waals surface area contributed by atoms with Crippen molar-refractivity contribution in [2.75, 3.05) is 33.9 Å². The highest BCUT2D eigenvalue weighted by Crippen LogP contribution is 2.04. The molecule has 0 heterocycles. The summed E-state index contributed by atoms with van der Waals surface area (Å²) in [4.78, 5) is 2.41. The fraction of sp³-hybridized carbons (Fsp3) is 1.00. The molecule has 2 unspecified atom stereocenters. The highest BCUT2D eigenvalue weighted by molar-refractivity contribution is 4.72. The molecular formula is C12H28N2O. The summed E-state index contributed by atoms with van der Waals surface area (Å²) in [6, 6.07) is 1.11. The Morgan fingerprint density at radius 3 is 2.47 bits per heavy atom. The third-order valence-electron chi connectivity index (χ3n) is 2.83. The van der Waals surface area contributed by atoms with Crippen LogP contribution in [0.15, 0.2) is 0 Å². The van der Waals surface area contributed by atoms with Crippen LogP contribution in [0.3, 0.4) is 0 Å². The number of methoxy groups -OCH3 is 1. The van der Waals surface area contributed by atoms with Crippen LogP contribution in [0.2, 0.25) is 0 Å². The van der Waals surface area contributed by atoms with E-state index in [0.717, 1.165) is 19.7 Å². The number of nitrogens with one attached hydrogen (secondary N) is 1. The molecule has 0 radical (unpaired) electrons. The molecule has 0 fully saturated rings. The Kier molecular flexibility index (Phi) is 9.06. The summed E-state index contributed by atoms with van der Waals surface area (Å²) in [5.41, 5.74) is 0. The predicted molar refractivity (Wildman–Crippen MR) is 66.3 cm³/mol. The van der Waals surface area contributed by atoms with Crippen molar-refractivity contribution < 1.29 is 4.74 Å². The Balaban J connectivity index is 3.91. The molecule has 0 rings (SSSR count). The van der Waals surface area contributed by atoms with Crippen molar-refractivity contribution in [3.8, 4) is 0 Å². The third-order valence-corrected chi connectivity index (χ3v) is 2.83. The molecule has 0 aromatic rings. The van der Waals surface area contributed by atoms with Gasteiger partial charge in [-0.2, -0.15) is 0 Å². The third kappa shape index (κ3) is 6.88. The smallest absolute Gasteiger partial charge is 0.0628 e. The maximum atomic E-state index is 5.21. The first-order valence-corrected chi connectivity index (χ1v) is 6.08. The normalized spacial score (nSPS) is 15.6. The lowest BCUT2D eigenvalue weighted by atomic mass is 10.1. The van der Waals surface area contributed by atoms with E-state index in [2.05, 4.69) is 38.0 Å². The Labute approximate surface area is 95.2 Å².